The van der Waals surface area contributed by atoms with Crippen LogP contribution in [-0.4, -0.2) is 5.91 Å². The van der Waals surface area contributed by atoms with Crippen molar-refractivity contribution in [3.8, 4) is 0 Å². The number of hydrogen-bond donors (Lipinski definition) is 2. The Hall–Kier alpha value is -1.52. The minimum atomic E-state index is -0.184. The molecule has 1 aromatic carbocycles. The van der Waals surface area contributed by atoms with Crippen molar-refractivity contribution in [1.82, 2.24) is 5.32 Å². The Bertz CT molecular complexity index is 698. The summed E-state index contributed by atoms with van der Waals surface area (Å²) in [5.41, 5.74) is 9.09. The molecule has 22 heavy (non-hydrogen) atoms. The Balaban J connectivity index is 1.75. The molecule has 0 bridgehead atoms. The molecule has 0 spiro atoms. The van der Waals surface area contributed by atoms with E-state index in [2.05, 4.69) is 5.32 Å². The van der Waals surface area contributed by atoms with E-state index >= 15 is 0 Å². The normalized spacial score (nSPS) is 18.5. The van der Waals surface area contributed by atoms with Crippen LogP contribution in [0.3, 0.4) is 0 Å². The highest BCUT2D eigenvalue weighted by Gasteiger charge is 2.25. The quantitative estimate of drug-likeness (QED) is 0.823. The monoisotopic (exact) mass is 334 g/mol. The Morgan fingerprint density at radius 2 is 2.23 bits per heavy atom. The van der Waals surface area contributed by atoms with Crippen LogP contribution >= 0.6 is 22.9 Å². The number of benzene rings is 1. The minimum absolute atomic E-state index is 0.0493. The molecule has 3 N–H and O–H groups in total. The smallest absolute Gasteiger partial charge is 0.228 e. The molecule has 0 fully saturated rings. The van der Waals surface area contributed by atoms with E-state index in [-0.39, 0.29) is 17.9 Å². The highest BCUT2D eigenvalue weighted by Crippen LogP contribution is 2.33. The Kier molecular flexibility index (Phi) is 4.41. The lowest BCUT2D eigenvalue weighted by atomic mass is 9.87. The molecule has 2 atom stereocenters. The zero-order chi connectivity index (χ0) is 15.7. The summed E-state index contributed by atoms with van der Waals surface area (Å²) in [6, 6.07) is 9.81. The number of amides is 1. The number of anilines is 1. The molecular formula is C17H19ClN2OS. The van der Waals surface area contributed by atoms with Crippen LogP contribution in [0, 0.1) is 0 Å². The number of fused-ring (bicyclic) bond motifs is 1. The van der Waals surface area contributed by atoms with Crippen molar-refractivity contribution >= 4 is 34.5 Å². The van der Waals surface area contributed by atoms with Crippen molar-refractivity contribution in [2.45, 2.75) is 38.1 Å². The molecule has 1 aliphatic rings. The fraction of sp³-hybridized carbons (Fsp3) is 0.353. The molecule has 0 saturated carbocycles. The highest BCUT2D eigenvalue weighted by molar-refractivity contribution is 7.16. The van der Waals surface area contributed by atoms with Gasteiger partial charge in [-0.15, -0.1) is 11.3 Å². The molecule has 1 amide bonds. The molecule has 0 aliphatic heterocycles. The molecule has 0 radical (unpaired) electrons. The van der Waals surface area contributed by atoms with Crippen LogP contribution in [0.5, 0.6) is 0 Å². The molecule has 2 unspecified atom stereocenters. The van der Waals surface area contributed by atoms with Crippen molar-refractivity contribution in [3.05, 3.63) is 50.7 Å². The van der Waals surface area contributed by atoms with Crippen LogP contribution in [0.15, 0.2) is 30.3 Å². The Labute approximate surface area is 139 Å². The van der Waals surface area contributed by atoms with Crippen molar-refractivity contribution in [2.24, 2.45) is 0 Å². The van der Waals surface area contributed by atoms with Gasteiger partial charge in [0.25, 0.3) is 0 Å². The van der Waals surface area contributed by atoms with Gasteiger partial charge in [-0.05, 0) is 61.6 Å². The molecule has 2 aromatic rings. The van der Waals surface area contributed by atoms with Gasteiger partial charge in [-0.1, -0.05) is 17.7 Å². The van der Waals surface area contributed by atoms with E-state index in [0.29, 0.717) is 4.34 Å². The molecule has 1 aliphatic carbocycles. The van der Waals surface area contributed by atoms with Gasteiger partial charge in [0.15, 0.2) is 0 Å². The third kappa shape index (κ3) is 3.13. The van der Waals surface area contributed by atoms with Crippen LogP contribution in [0.2, 0.25) is 4.34 Å². The van der Waals surface area contributed by atoms with Gasteiger partial charge in [0, 0.05) is 10.6 Å². The third-order valence-electron chi connectivity index (χ3n) is 4.21. The minimum Gasteiger partial charge on any atom is -0.399 e. The summed E-state index contributed by atoms with van der Waals surface area (Å²) < 4.78 is 0.716. The van der Waals surface area contributed by atoms with Crippen LogP contribution < -0.4 is 11.1 Å². The predicted molar refractivity (Wildman–Crippen MR) is 92.4 cm³/mol. The topological polar surface area (TPSA) is 55.1 Å². The molecule has 0 saturated heterocycles. The maximum Gasteiger partial charge on any atom is 0.228 e. The van der Waals surface area contributed by atoms with E-state index in [4.69, 9.17) is 17.3 Å². The highest BCUT2D eigenvalue weighted by atomic mass is 35.5. The standard InChI is InChI=1S/C17H19ClN2OS/c1-10(15-7-8-16(18)22-15)17(21)20-14-4-2-3-11-9-12(19)5-6-13(11)14/h5-10,14H,2-4,19H2,1H3,(H,20,21). The zero-order valence-electron chi connectivity index (χ0n) is 12.4. The van der Waals surface area contributed by atoms with E-state index < -0.39 is 0 Å². The van der Waals surface area contributed by atoms with Gasteiger partial charge in [-0.3, -0.25) is 4.79 Å². The van der Waals surface area contributed by atoms with Crippen molar-refractivity contribution in [2.75, 3.05) is 5.73 Å². The van der Waals surface area contributed by atoms with Gasteiger partial charge >= 0.3 is 0 Å². The summed E-state index contributed by atoms with van der Waals surface area (Å²) >= 11 is 7.42. The predicted octanol–water partition coefficient (Wildman–Crippen LogP) is 4.28. The number of hydrogen-bond acceptors (Lipinski definition) is 3. The van der Waals surface area contributed by atoms with E-state index in [1.54, 1.807) is 0 Å². The number of aryl methyl sites for hydroxylation is 1. The molecule has 116 valence electrons. The number of halogens is 1. The first-order valence-corrected chi connectivity index (χ1v) is 8.68. The SMILES string of the molecule is CC(C(=O)NC1CCCc2cc(N)ccc21)c1ccc(Cl)s1. The van der Waals surface area contributed by atoms with Crippen LogP contribution in [0.1, 0.15) is 47.7 Å². The van der Waals surface area contributed by atoms with Crippen molar-refractivity contribution in [3.63, 3.8) is 0 Å². The second kappa shape index (κ2) is 6.31. The van der Waals surface area contributed by atoms with Crippen LogP contribution in [-0.2, 0) is 11.2 Å². The number of thiophene rings is 1. The van der Waals surface area contributed by atoms with E-state index in [9.17, 15) is 4.79 Å². The lowest BCUT2D eigenvalue weighted by Crippen LogP contribution is -2.33. The summed E-state index contributed by atoms with van der Waals surface area (Å²) in [6.45, 7) is 1.92. The Morgan fingerprint density at radius 1 is 1.41 bits per heavy atom. The van der Waals surface area contributed by atoms with Gasteiger partial charge < -0.3 is 11.1 Å². The van der Waals surface area contributed by atoms with Crippen molar-refractivity contribution < 1.29 is 4.79 Å². The molecule has 1 aromatic heterocycles. The molecule has 1 heterocycles. The summed E-state index contributed by atoms with van der Waals surface area (Å²) in [7, 11) is 0. The third-order valence-corrected chi connectivity index (χ3v) is 5.63. The van der Waals surface area contributed by atoms with Gasteiger partial charge in [0.05, 0.1) is 16.3 Å². The average Bonchev–Trinajstić information content (AvgIpc) is 2.93. The number of carbonyl (C=O) groups excluding carboxylic acids is 1. The van der Waals surface area contributed by atoms with Crippen LogP contribution in [0.4, 0.5) is 5.69 Å². The molecule has 3 rings (SSSR count). The van der Waals surface area contributed by atoms with Gasteiger partial charge in [0.2, 0.25) is 5.91 Å². The first kappa shape index (κ1) is 15.4. The number of nitrogen functional groups attached to an aromatic ring is 1. The summed E-state index contributed by atoms with van der Waals surface area (Å²) in [5.74, 6) is -0.134. The average molecular weight is 335 g/mol. The molecule has 5 heteroatoms. The Morgan fingerprint density at radius 3 is 2.95 bits per heavy atom. The van der Waals surface area contributed by atoms with E-state index in [0.717, 1.165) is 29.8 Å². The number of carbonyl (C=O) groups is 1. The number of nitrogens with two attached hydrogens (primary N) is 1. The van der Waals surface area contributed by atoms with Crippen LogP contribution in [0.25, 0.3) is 0 Å². The number of nitrogens with one attached hydrogen (secondary N) is 1. The second-order valence-electron chi connectivity index (χ2n) is 5.78. The number of rotatable bonds is 3. The maximum absolute atomic E-state index is 12.5. The lowest BCUT2D eigenvalue weighted by Gasteiger charge is -2.27. The first-order chi connectivity index (χ1) is 10.5. The second-order valence-corrected chi connectivity index (χ2v) is 7.52. The molecular weight excluding hydrogens is 316 g/mol. The first-order valence-electron chi connectivity index (χ1n) is 7.48. The van der Waals surface area contributed by atoms with Gasteiger partial charge in [0.1, 0.15) is 0 Å². The fourth-order valence-electron chi connectivity index (χ4n) is 2.97. The summed E-state index contributed by atoms with van der Waals surface area (Å²) in [6.07, 6.45) is 3.07. The van der Waals surface area contributed by atoms with E-state index in [1.165, 1.54) is 22.5 Å². The summed E-state index contributed by atoms with van der Waals surface area (Å²) in [5, 5.41) is 3.19. The molecule has 3 nitrogen and oxygen atoms in total. The lowest BCUT2D eigenvalue weighted by molar-refractivity contribution is -0.123. The van der Waals surface area contributed by atoms with Gasteiger partial charge in [-0.25, -0.2) is 0 Å². The largest absolute Gasteiger partial charge is 0.399 e. The van der Waals surface area contributed by atoms with E-state index in [1.807, 2.05) is 37.3 Å². The fourth-order valence-corrected chi connectivity index (χ4v) is 4.08. The van der Waals surface area contributed by atoms with Crippen molar-refractivity contribution in [1.29, 1.82) is 0 Å². The maximum atomic E-state index is 12.5. The zero-order valence-corrected chi connectivity index (χ0v) is 14.0. The summed E-state index contributed by atoms with van der Waals surface area (Å²) in [4.78, 5) is 13.5. The van der Waals surface area contributed by atoms with Gasteiger partial charge in [-0.2, -0.15) is 0 Å².